The number of rotatable bonds is 27. The molecule has 0 saturated heterocycles. The Labute approximate surface area is 753 Å². The summed E-state index contributed by atoms with van der Waals surface area (Å²) in [4.78, 5) is 72.1. The van der Waals surface area contributed by atoms with Gasteiger partial charge in [-0.05, 0) is 228 Å². The Balaban J connectivity index is 0.000000116. The van der Waals surface area contributed by atoms with Crippen LogP contribution in [0.3, 0.4) is 0 Å². The lowest BCUT2D eigenvalue weighted by molar-refractivity contribution is 0.949. The minimum absolute atomic E-state index is 0.509. The molecule has 126 heavy (non-hydrogen) atoms. The van der Waals surface area contributed by atoms with Crippen molar-refractivity contribution in [1.82, 2.24) is 115 Å². The third-order valence-corrected chi connectivity index (χ3v) is 21.0. The van der Waals surface area contributed by atoms with Crippen molar-refractivity contribution in [3.8, 4) is 0 Å². The summed E-state index contributed by atoms with van der Waals surface area (Å²) in [5.74, 6) is 6.27. The molecule has 15 aromatic heterocycles. The van der Waals surface area contributed by atoms with E-state index < -0.39 is 0 Å². The van der Waals surface area contributed by atoms with Gasteiger partial charge in [0.15, 0.2) is 0 Å². The highest BCUT2D eigenvalue weighted by atomic mass is 79.9. The largest absolute Gasteiger partial charge is 0.369 e. The lowest BCUT2D eigenvalue weighted by Gasteiger charge is -2.10. The van der Waals surface area contributed by atoms with Crippen molar-refractivity contribution >= 4 is 206 Å². The molecular weight excluding hydrogens is 1850 g/mol. The first-order chi connectivity index (χ1) is 62.0. The number of fused-ring (bicyclic) bond motifs is 5. The van der Waals surface area contributed by atoms with Gasteiger partial charge in [0, 0.05) is 172 Å². The average molecular weight is 1930 g/mol. The minimum Gasteiger partial charge on any atom is -0.369 e. The maximum atomic E-state index is 4.56. The van der Waals surface area contributed by atoms with Crippen LogP contribution < -0.4 is 53.2 Å². The Morgan fingerprint density at radius 3 is 1.17 bits per heavy atom. The Morgan fingerprint density at radius 1 is 0.270 bits per heavy atom. The number of benzene rings is 5. The van der Waals surface area contributed by atoms with E-state index in [1.54, 1.807) is 80.6 Å². The number of aromatic nitrogens is 23. The van der Waals surface area contributed by atoms with Crippen LogP contribution in [0, 0.1) is 0 Å². The standard InChI is InChI=1S/2C18H16BrN7.C18H15BrN6.C18H16N6.C17H14BrN7/c19-15-11-22-18(24-14-4-5-16-12(9-14)10-23-26-16)25-17(15)21-8-6-13-3-1-2-7-20-13;19-15-11-22-18(24-14-5-4-12-10-23-26-16(12)9-14)25-17(15)21-8-6-13-3-1-2-7-20-13;19-14-11-23-18(24-16-6-3-5-15-13(16)7-9-21-15)25-17(14)22-10-12-4-1-2-8-20-12;1-2-8-19-15(3-1)12-22-17-7-10-21-18(24-17)23-14-4-5-16-13(11-14)6-9-20-16;18-14-10-21-17(23-12-4-5-15-11(7-12)8-22-25-15)24-16(14)20-9-13-3-1-2-6-19-13/h2*1-5,7,9-11H,6,8H2,(H,23,26)(H2,21,22,24,25);1-9,11,21H,10H2,(H2,22,23,24,25);1-11,20H,12H2,(H2,21,22,23,24);1-8,10H,9H2,(H,22,25)(H2,20,21,23,24). The molecule has 37 heteroatoms. The molecule has 0 fully saturated rings. The number of hydrogen-bond donors (Lipinski definition) is 15. The molecule has 5 aromatic carbocycles. The number of halogens is 4. The number of nitrogens with zero attached hydrogens (tertiary/aromatic N) is 18. The normalized spacial score (nSPS) is 10.8. The molecule has 0 aliphatic heterocycles. The summed E-state index contributed by atoms with van der Waals surface area (Å²) in [6.07, 6.45) is 28.4. The zero-order valence-electron chi connectivity index (χ0n) is 66.7. The Bertz CT molecular complexity index is 6720. The quantitative estimate of drug-likeness (QED) is 0.0227. The predicted molar refractivity (Wildman–Crippen MR) is 510 cm³/mol. The van der Waals surface area contributed by atoms with E-state index in [-0.39, 0.29) is 0 Å². The van der Waals surface area contributed by atoms with Crippen molar-refractivity contribution in [3.05, 3.63) is 340 Å². The van der Waals surface area contributed by atoms with Crippen LogP contribution in [-0.2, 0) is 32.5 Å². The molecular formula is C89H77Br4N33. The van der Waals surface area contributed by atoms with E-state index in [1.807, 2.05) is 207 Å². The molecule has 33 nitrogen and oxygen atoms in total. The summed E-state index contributed by atoms with van der Waals surface area (Å²) >= 11 is 13.9. The summed E-state index contributed by atoms with van der Waals surface area (Å²) in [5, 5.41) is 58.8. The van der Waals surface area contributed by atoms with Gasteiger partial charge < -0.3 is 63.1 Å². The second-order valence-corrected chi connectivity index (χ2v) is 30.9. The summed E-state index contributed by atoms with van der Waals surface area (Å²) in [7, 11) is 0. The van der Waals surface area contributed by atoms with Crippen molar-refractivity contribution < 1.29 is 0 Å². The minimum atomic E-state index is 0.509. The van der Waals surface area contributed by atoms with Gasteiger partial charge in [-0.2, -0.15) is 40.2 Å². The van der Waals surface area contributed by atoms with Gasteiger partial charge in [0.25, 0.3) is 0 Å². The van der Waals surface area contributed by atoms with Gasteiger partial charge in [-0.25, -0.2) is 24.9 Å². The van der Waals surface area contributed by atoms with E-state index in [0.717, 1.165) is 173 Å². The molecule has 0 spiro atoms. The second-order valence-electron chi connectivity index (χ2n) is 27.5. The summed E-state index contributed by atoms with van der Waals surface area (Å²) in [6, 6.07) is 65.1. The molecule has 626 valence electrons. The van der Waals surface area contributed by atoms with E-state index in [9.17, 15) is 0 Å². The Morgan fingerprint density at radius 2 is 0.675 bits per heavy atom. The van der Waals surface area contributed by atoms with E-state index in [2.05, 4.69) is 238 Å². The molecule has 0 aliphatic carbocycles. The van der Waals surface area contributed by atoms with Gasteiger partial charge in [0.1, 0.15) is 29.1 Å². The van der Waals surface area contributed by atoms with Crippen LogP contribution in [-0.4, -0.2) is 128 Å². The maximum Gasteiger partial charge on any atom is 0.229 e. The molecule has 15 heterocycles. The van der Waals surface area contributed by atoms with Crippen LogP contribution >= 0.6 is 63.7 Å². The predicted octanol–water partition coefficient (Wildman–Crippen LogP) is 19.9. The van der Waals surface area contributed by atoms with Crippen LogP contribution in [0.25, 0.3) is 54.5 Å². The number of H-pyrrole nitrogens is 5. The topological polar surface area (TPSA) is 431 Å². The van der Waals surface area contributed by atoms with Gasteiger partial charge in [0.2, 0.25) is 29.7 Å². The number of aromatic amines is 5. The van der Waals surface area contributed by atoms with E-state index >= 15 is 0 Å². The average Bonchev–Trinajstić information content (AvgIpc) is 1.61. The van der Waals surface area contributed by atoms with Crippen molar-refractivity contribution in [3.63, 3.8) is 0 Å². The number of nitrogens with one attached hydrogen (secondary N) is 15. The van der Waals surface area contributed by atoms with Gasteiger partial charge >= 0.3 is 0 Å². The van der Waals surface area contributed by atoms with Crippen LogP contribution in [0.1, 0.15) is 28.5 Å². The van der Waals surface area contributed by atoms with E-state index in [0.29, 0.717) is 61.0 Å². The van der Waals surface area contributed by atoms with Crippen molar-refractivity contribution in [2.45, 2.75) is 32.5 Å². The molecule has 0 unspecified atom stereocenters. The first-order valence-electron chi connectivity index (χ1n) is 39.4. The first-order valence-corrected chi connectivity index (χ1v) is 42.6. The highest BCUT2D eigenvalue weighted by molar-refractivity contribution is 9.11. The fourth-order valence-corrected chi connectivity index (χ4v) is 13.8. The zero-order chi connectivity index (χ0) is 85.9. The van der Waals surface area contributed by atoms with Gasteiger partial charge in [-0.3, -0.25) is 40.2 Å². The van der Waals surface area contributed by atoms with Gasteiger partial charge in [-0.15, -0.1) is 0 Å². The molecule has 0 atom stereocenters. The summed E-state index contributed by atoms with van der Waals surface area (Å²) < 4.78 is 3.22. The third kappa shape index (κ3) is 23.9. The smallest absolute Gasteiger partial charge is 0.229 e. The van der Waals surface area contributed by atoms with E-state index in [4.69, 9.17) is 0 Å². The number of pyridine rings is 5. The maximum absolute atomic E-state index is 4.56. The van der Waals surface area contributed by atoms with Crippen LogP contribution in [0.4, 0.5) is 87.3 Å². The number of hydrogen-bond acceptors (Lipinski definition) is 28. The fourth-order valence-electron chi connectivity index (χ4n) is 12.5. The van der Waals surface area contributed by atoms with Gasteiger partial charge in [0.05, 0.1) is 95.4 Å². The molecule has 20 aromatic rings. The molecule has 0 radical (unpaired) electrons. The Hall–Kier alpha value is -15.3. The molecule has 15 N–H and O–H groups in total. The summed E-state index contributed by atoms with van der Waals surface area (Å²) in [5.41, 5.74) is 14.6. The van der Waals surface area contributed by atoms with Crippen LogP contribution in [0.2, 0.25) is 0 Å². The first kappa shape index (κ1) is 84.3. The van der Waals surface area contributed by atoms with Crippen molar-refractivity contribution in [2.75, 3.05) is 66.3 Å². The lowest BCUT2D eigenvalue weighted by atomic mass is 10.2. The molecule has 0 aliphatic rings. The lowest BCUT2D eigenvalue weighted by Crippen LogP contribution is -2.09. The van der Waals surface area contributed by atoms with Crippen LogP contribution in [0.5, 0.6) is 0 Å². The second kappa shape index (κ2) is 42.4. The zero-order valence-corrected chi connectivity index (χ0v) is 73.1. The SMILES string of the molecule is Brc1cnc(Nc2ccc3[nH]ncc3c2)nc1NCCc1ccccn1.Brc1cnc(Nc2ccc3[nH]ncc3c2)nc1NCc1ccccn1.Brc1cnc(Nc2ccc3cn[nH]c3c2)nc1NCCc1ccccn1.Brc1cnc(Nc2cccc3[nH]ccc23)nc1NCc1ccccn1.c1ccc(CNc2ccnc(Nc3ccc4[nH]ccc4c3)n2)nc1. The van der Waals surface area contributed by atoms with E-state index in [1.165, 1.54) is 0 Å². The molecule has 20 rings (SSSR count). The number of anilines is 15. The van der Waals surface area contributed by atoms with Gasteiger partial charge in [-0.1, -0.05) is 36.4 Å². The summed E-state index contributed by atoms with van der Waals surface area (Å²) in [6.45, 7) is 3.24. The fraction of sp³-hybridized carbons (Fsp3) is 0.0787. The highest BCUT2D eigenvalue weighted by Gasteiger charge is 2.14. The third-order valence-electron chi connectivity index (χ3n) is 18.7. The molecule has 0 saturated carbocycles. The monoisotopic (exact) mass is 1920 g/mol. The van der Waals surface area contributed by atoms with Crippen molar-refractivity contribution in [2.24, 2.45) is 0 Å². The highest BCUT2D eigenvalue weighted by Crippen LogP contribution is 2.31. The molecule has 0 bridgehead atoms. The molecule has 0 amide bonds. The van der Waals surface area contributed by atoms with Crippen molar-refractivity contribution in [1.29, 1.82) is 0 Å². The Kier molecular flexibility index (Phi) is 28.4. The van der Waals surface area contributed by atoms with Crippen LogP contribution in [0.15, 0.2) is 311 Å².